The minimum Gasteiger partial charge on any atom is -0.493 e. The van der Waals surface area contributed by atoms with Crippen molar-refractivity contribution >= 4 is 11.8 Å². The van der Waals surface area contributed by atoms with Crippen LogP contribution in [0.4, 0.5) is 0 Å². The third-order valence-electron chi connectivity index (χ3n) is 6.58. The van der Waals surface area contributed by atoms with E-state index in [1.165, 1.54) is 0 Å². The second-order valence-corrected chi connectivity index (χ2v) is 8.74. The van der Waals surface area contributed by atoms with Crippen molar-refractivity contribution in [3.63, 3.8) is 0 Å². The molecule has 2 aromatic rings. The Kier molecular flexibility index (Phi) is 6.65. The number of hydrogen-bond donors (Lipinski definition) is 1. The number of amides is 2. The molecule has 2 aliphatic rings. The monoisotopic (exact) mass is 437 g/mol. The van der Waals surface area contributed by atoms with E-state index in [1.54, 1.807) is 7.11 Å². The summed E-state index contributed by atoms with van der Waals surface area (Å²) in [6, 6.07) is 16.7. The molecule has 1 spiro atoms. The molecule has 0 radical (unpaired) electrons. The molecule has 0 bridgehead atoms. The first-order chi connectivity index (χ1) is 15.5. The second kappa shape index (κ2) is 9.61. The van der Waals surface area contributed by atoms with Crippen molar-refractivity contribution in [1.29, 1.82) is 0 Å². The molecule has 2 amide bonds. The van der Waals surface area contributed by atoms with Gasteiger partial charge in [0.2, 0.25) is 5.91 Å². The third-order valence-corrected chi connectivity index (χ3v) is 6.58. The fourth-order valence-corrected chi connectivity index (χ4v) is 4.97. The number of rotatable bonds is 7. The van der Waals surface area contributed by atoms with Gasteiger partial charge in [-0.25, -0.2) is 0 Å². The van der Waals surface area contributed by atoms with Crippen molar-refractivity contribution in [3.8, 4) is 11.5 Å². The molecule has 1 N–H and O–H groups in total. The van der Waals surface area contributed by atoms with Crippen molar-refractivity contribution in [2.45, 2.75) is 6.42 Å². The number of para-hydroxylation sites is 2. The van der Waals surface area contributed by atoms with Crippen LogP contribution in [0.2, 0.25) is 0 Å². The Bertz CT molecular complexity index is 951. The second-order valence-electron chi connectivity index (χ2n) is 8.74. The maximum absolute atomic E-state index is 13.2. The summed E-state index contributed by atoms with van der Waals surface area (Å²) in [6.45, 7) is 3.56. The molecule has 2 saturated heterocycles. The molecular weight excluding hydrogens is 406 g/mol. The number of nitrogens with one attached hydrogen (secondary N) is 1. The molecular formula is C25H31N3O4. The van der Waals surface area contributed by atoms with Crippen LogP contribution in [0.25, 0.3) is 0 Å². The summed E-state index contributed by atoms with van der Waals surface area (Å²) in [4.78, 5) is 30.4. The first-order valence-corrected chi connectivity index (χ1v) is 11.1. The van der Waals surface area contributed by atoms with Gasteiger partial charge in [0.25, 0.3) is 5.91 Å². The van der Waals surface area contributed by atoms with Gasteiger partial charge in [-0.1, -0.05) is 30.3 Å². The lowest BCUT2D eigenvalue weighted by molar-refractivity contribution is -0.127. The largest absolute Gasteiger partial charge is 0.493 e. The summed E-state index contributed by atoms with van der Waals surface area (Å²) < 4.78 is 11.1. The van der Waals surface area contributed by atoms with Crippen molar-refractivity contribution in [2.24, 2.45) is 11.3 Å². The maximum atomic E-state index is 13.2. The highest BCUT2D eigenvalue weighted by molar-refractivity contribution is 5.95. The van der Waals surface area contributed by atoms with Gasteiger partial charge in [0.15, 0.2) is 11.5 Å². The summed E-state index contributed by atoms with van der Waals surface area (Å²) in [6.07, 6.45) is 0.915. The minimum absolute atomic E-state index is 0.00525. The lowest BCUT2D eigenvalue weighted by Gasteiger charge is -2.29. The molecule has 32 heavy (non-hydrogen) atoms. The molecule has 7 nitrogen and oxygen atoms in total. The molecule has 4 rings (SSSR count). The average molecular weight is 438 g/mol. The highest BCUT2D eigenvalue weighted by atomic mass is 16.5. The first-order valence-electron chi connectivity index (χ1n) is 11.1. The predicted molar refractivity (Wildman–Crippen MR) is 122 cm³/mol. The Hall–Kier alpha value is -3.06. The number of carbonyl (C=O) groups is 2. The van der Waals surface area contributed by atoms with Crippen LogP contribution in [0.15, 0.2) is 54.6 Å². The van der Waals surface area contributed by atoms with Gasteiger partial charge < -0.3 is 24.6 Å². The third kappa shape index (κ3) is 4.58. The lowest BCUT2D eigenvalue weighted by atomic mass is 9.77. The number of methoxy groups -OCH3 is 1. The number of hydrogen-bond acceptors (Lipinski definition) is 5. The summed E-state index contributed by atoms with van der Waals surface area (Å²) in [5.74, 6) is 1.07. The van der Waals surface area contributed by atoms with Gasteiger partial charge in [0.05, 0.1) is 19.6 Å². The zero-order valence-electron chi connectivity index (χ0n) is 18.8. The van der Waals surface area contributed by atoms with E-state index in [0.717, 1.165) is 19.5 Å². The van der Waals surface area contributed by atoms with Crippen LogP contribution in [-0.2, 0) is 4.79 Å². The van der Waals surface area contributed by atoms with Gasteiger partial charge in [-0.05, 0) is 44.3 Å². The number of benzene rings is 2. The van der Waals surface area contributed by atoms with Gasteiger partial charge in [0, 0.05) is 30.6 Å². The Morgan fingerprint density at radius 2 is 1.78 bits per heavy atom. The molecule has 2 aromatic carbocycles. The molecule has 7 heteroatoms. The Morgan fingerprint density at radius 3 is 2.47 bits per heavy atom. The van der Waals surface area contributed by atoms with Gasteiger partial charge in [-0.3, -0.25) is 9.59 Å². The Morgan fingerprint density at radius 1 is 1.06 bits per heavy atom. The van der Waals surface area contributed by atoms with Gasteiger partial charge in [0.1, 0.15) is 6.61 Å². The van der Waals surface area contributed by atoms with Crippen molar-refractivity contribution in [2.75, 3.05) is 53.5 Å². The number of carbonyl (C=O) groups excluding carboxylic acids is 2. The maximum Gasteiger partial charge on any atom is 0.253 e. The highest BCUT2D eigenvalue weighted by Crippen LogP contribution is 2.44. The van der Waals surface area contributed by atoms with Crippen LogP contribution in [0, 0.1) is 11.3 Å². The van der Waals surface area contributed by atoms with E-state index in [0.29, 0.717) is 43.3 Å². The van der Waals surface area contributed by atoms with Crippen LogP contribution >= 0.6 is 0 Å². The number of nitrogens with zero attached hydrogens (tertiary/aromatic N) is 2. The minimum atomic E-state index is -0.230. The van der Waals surface area contributed by atoms with E-state index in [2.05, 4.69) is 17.3 Å². The van der Waals surface area contributed by atoms with Crippen molar-refractivity contribution in [3.05, 3.63) is 60.2 Å². The molecule has 2 heterocycles. The first kappa shape index (κ1) is 22.1. The SMILES string of the molecule is COc1ccccc1OCCNC(=O)[C@@H]1CN(C(=O)c2ccccc2)C[C@]12CCN(C)C2. The zero-order chi connectivity index (χ0) is 22.6. The van der Waals surface area contributed by atoms with Gasteiger partial charge in [-0.15, -0.1) is 0 Å². The van der Waals surface area contributed by atoms with E-state index in [9.17, 15) is 9.59 Å². The Balaban J connectivity index is 1.39. The summed E-state index contributed by atoms with van der Waals surface area (Å²) in [5.41, 5.74) is 0.465. The topological polar surface area (TPSA) is 71.1 Å². The standard InChI is InChI=1S/C25H31N3O4/c1-27-14-12-25(17-27)18-28(24(30)19-8-4-3-5-9-19)16-20(25)23(29)26-13-15-32-22-11-7-6-10-21(22)31-2/h3-11,20H,12-18H2,1-2H3,(H,26,29)/t20-,25+/m0/s1. The van der Waals surface area contributed by atoms with Crippen molar-refractivity contribution < 1.29 is 19.1 Å². The lowest BCUT2D eigenvalue weighted by Crippen LogP contribution is -2.43. The van der Waals surface area contributed by atoms with Crippen LogP contribution in [0.3, 0.4) is 0 Å². The fraction of sp³-hybridized carbons (Fsp3) is 0.440. The van der Waals surface area contributed by atoms with Crippen LogP contribution < -0.4 is 14.8 Å². The highest BCUT2D eigenvalue weighted by Gasteiger charge is 2.53. The molecule has 0 saturated carbocycles. The van der Waals surface area contributed by atoms with Gasteiger partial charge in [-0.2, -0.15) is 0 Å². The molecule has 170 valence electrons. The van der Waals surface area contributed by atoms with E-state index in [-0.39, 0.29) is 23.1 Å². The molecule has 0 aromatic heterocycles. The summed E-state index contributed by atoms with van der Waals surface area (Å²) in [5, 5.41) is 3.04. The van der Waals surface area contributed by atoms with Crippen LogP contribution in [0.5, 0.6) is 11.5 Å². The predicted octanol–water partition coefficient (Wildman–Crippen LogP) is 2.28. The number of likely N-dealkylation sites (tertiary alicyclic amines) is 2. The molecule has 0 aliphatic carbocycles. The molecule has 2 aliphatic heterocycles. The van der Waals surface area contributed by atoms with E-state index >= 15 is 0 Å². The fourth-order valence-electron chi connectivity index (χ4n) is 4.97. The molecule has 2 fully saturated rings. The van der Waals surface area contributed by atoms with E-state index in [1.807, 2.05) is 59.5 Å². The quantitative estimate of drug-likeness (QED) is 0.673. The van der Waals surface area contributed by atoms with Gasteiger partial charge >= 0.3 is 0 Å². The molecule has 2 atom stereocenters. The average Bonchev–Trinajstić information content (AvgIpc) is 3.39. The number of ether oxygens (including phenoxy) is 2. The molecule has 0 unspecified atom stereocenters. The van der Waals surface area contributed by atoms with E-state index < -0.39 is 0 Å². The summed E-state index contributed by atoms with van der Waals surface area (Å²) in [7, 11) is 3.68. The zero-order valence-corrected chi connectivity index (χ0v) is 18.8. The van der Waals surface area contributed by atoms with Crippen LogP contribution in [-0.4, -0.2) is 75.1 Å². The smallest absolute Gasteiger partial charge is 0.253 e. The summed E-state index contributed by atoms with van der Waals surface area (Å²) >= 11 is 0. The van der Waals surface area contributed by atoms with Crippen molar-refractivity contribution in [1.82, 2.24) is 15.1 Å². The normalized spacial score (nSPS) is 22.8. The Labute approximate surface area is 189 Å². The van der Waals surface area contributed by atoms with Crippen LogP contribution in [0.1, 0.15) is 16.8 Å². The van der Waals surface area contributed by atoms with E-state index in [4.69, 9.17) is 9.47 Å².